The van der Waals surface area contributed by atoms with Gasteiger partial charge in [-0.1, -0.05) is 59.6 Å². The van der Waals surface area contributed by atoms with Crippen LogP contribution >= 0.6 is 23.2 Å². The zero-order chi connectivity index (χ0) is 22.9. The van der Waals surface area contributed by atoms with Crippen LogP contribution in [0.2, 0.25) is 10.0 Å². The summed E-state index contributed by atoms with van der Waals surface area (Å²) in [4.78, 5) is 12.8. The Morgan fingerprint density at radius 3 is 2.44 bits per heavy atom. The van der Waals surface area contributed by atoms with Gasteiger partial charge >= 0.3 is 0 Å². The number of aromatic nitrogens is 1. The number of anilines is 1. The lowest BCUT2D eigenvalue weighted by atomic mass is 10.2. The highest BCUT2D eigenvalue weighted by Gasteiger charge is 2.22. The largest absolute Gasteiger partial charge is 0.337 e. The highest BCUT2D eigenvalue weighted by atomic mass is 35.5. The number of amides is 1. The van der Waals surface area contributed by atoms with Gasteiger partial charge in [-0.05, 0) is 35.9 Å². The Morgan fingerprint density at radius 2 is 1.69 bits per heavy atom. The number of halogens is 3. The fourth-order valence-electron chi connectivity index (χ4n) is 3.41. The molecule has 0 aliphatic carbocycles. The van der Waals surface area contributed by atoms with Crippen LogP contribution < -0.4 is 5.32 Å². The molecule has 1 N–H and O–H groups in total. The van der Waals surface area contributed by atoms with Crippen molar-refractivity contribution in [2.24, 2.45) is 0 Å². The maximum absolute atomic E-state index is 13.2. The first-order valence-electron chi connectivity index (χ1n) is 9.53. The normalized spacial score (nSPS) is 11.6. The molecule has 0 aliphatic rings. The Morgan fingerprint density at radius 1 is 0.969 bits per heavy atom. The number of nitrogens with one attached hydrogen (secondary N) is 1. The van der Waals surface area contributed by atoms with Crippen LogP contribution in [0.3, 0.4) is 0 Å². The molecule has 32 heavy (non-hydrogen) atoms. The Kier molecular flexibility index (Phi) is 6.24. The molecule has 0 spiro atoms. The number of para-hydroxylation sites is 1. The SMILES string of the molecule is O=C(Cn1cc(S(=O)(=O)Cc2ccc(F)cc2)c2ccccc21)Nc1cccc(Cl)c1Cl. The predicted molar refractivity (Wildman–Crippen MR) is 124 cm³/mol. The van der Waals surface area contributed by atoms with Crippen LogP contribution in [0, 0.1) is 5.82 Å². The lowest BCUT2D eigenvalue weighted by Crippen LogP contribution is -2.18. The number of benzene rings is 3. The standard InChI is InChI=1S/C23H17Cl2FN2O3S/c24-18-5-3-6-19(23(18)25)27-22(29)13-28-12-21(17-4-1-2-7-20(17)28)32(30,31)14-15-8-10-16(26)11-9-15/h1-12H,13-14H2,(H,27,29). The smallest absolute Gasteiger partial charge is 0.244 e. The molecule has 1 heterocycles. The van der Waals surface area contributed by atoms with Crippen LogP contribution in [0.5, 0.6) is 0 Å². The molecule has 3 aromatic carbocycles. The van der Waals surface area contributed by atoms with E-state index < -0.39 is 21.6 Å². The molecule has 0 saturated carbocycles. The van der Waals surface area contributed by atoms with E-state index in [-0.39, 0.29) is 22.2 Å². The number of rotatable bonds is 6. The molecule has 9 heteroatoms. The molecule has 0 bridgehead atoms. The summed E-state index contributed by atoms with van der Waals surface area (Å²) in [5.41, 5.74) is 1.43. The third kappa shape index (κ3) is 4.65. The molecular formula is C23H17Cl2FN2O3S. The maximum atomic E-state index is 13.2. The van der Waals surface area contributed by atoms with Gasteiger partial charge in [0.1, 0.15) is 12.4 Å². The molecule has 164 valence electrons. The van der Waals surface area contributed by atoms with Gasteiger partial charge in [-0.15, -0.1) is 0 Å². The average molecular weight is 491 g/mol. The molecule has 0 aliphatic heterocycles. The topological polar surface area (TPSA) is 68.2 Å². The Bertz CT molecular complexity index is 1420. The molecule has 0 atom stereocenters. The first kappa shape index (κ1) is 22.3. The molecule has 0 radical (unpaired) electrons. The van der Waals surface area contributed by atoms with Crippen LogP contribution in [0.4, 0.5) is 10.1 Å². The number of hydrogen-bond donors (Lipinski definition) is 1. The van der Waals surface area contributed by atoms with E-state index in [1.165, 1.54) is 30.5 Å². The van der Waals surface area contributed by atoms with Gasteiger partial charge in [0.25, 0.3) is 0 Å². The first-order chi connectivity index (χ1) is 15.2. The van der Waals surface area contributed by atoms with Gasteiger partial charge in [0.15, 0.2) is 9.84 Å². The summed E-state index contributed by atoms with van der Waals surface area (Å²) in [6.45, 7) is -0.130. The quantitative estimate of drug-likeness (QED) is 0.376. The van der Waals surface area contributed by atoms with Gasteiger partial charge < -0.3 is 9.88 Å². The minimum Gasteiger partial charge on any atom is -0.337 e. The summed E-state index contributed by atoms with van der Waals surface area (Å²) in [5, 5.41) is 3.73. The minimum atomic E-state index is -3.75. The van der Waals surface area contributed by atoms with Gasteiger partial charge in [-0.3, -0.25) is 4.79 Å². The van der Waals surface area contributed by atoms with E-state index in [2.05, 4.69) is 5.32 Å². The van der Waals surface area contributed by atoms with E-state index in [0.29, 0.717) is 27.2 Å². The third-order valence-corrected chi connectivity index (χ3v) is 7.42. The van der Waals surface area contributed by atoms with Crippen molar-refractivity contribution in [3.05, 3.63) is 94.4 Å². The molecule has 5 nitrogen and oxygen atoms in total. The second-order valence-corrected chi connectivity index (χ2v) is 9.92. The second kappa shape index (κ2) is 8.94. The van der Waals surface area contributed by atoms with Gasteiger partial charge in [-0.2, -0.15) is 0 Å². The number of carbonyl (C=O) groups is 1. The van der Waals surface area contributed by atoms with Crippen molar-refractivity contribution < 1.29 is 17.6 Å². The predicted octanol–water partition coefficient (Wildman–Crippen LogP) is 5.70. The maximum Gasteiger partial charge on any atom is 0.244 e. The highest BCUT2D eigenvalue weighted by Crippen LogP contribution is 2.30. The van der Waals surface area contributed by atoms with E-state index in [1.807, 2.05) is 0 Å². The van der Waals surface area contributed by atoms with Gasteiger partial charge in [-0.25, -0.2) is 12.8 Å². The van der Waals surface area contributed by atoms with Crippen molar-refractivity contribution in [1.82, 2.24) is 4.57 Å². The number of sulfone groups is 1. The van der Waals surface area contributed by atoms with Crippen molar-refractivity contribution in [2.75, 3.05) is 5.32 Å². The number of fused-ring (bicyclic) bond motifs is 1. The zero-order valence-electron chi connectivity index (χ0n) is 16.6. The fraction of sp³-hybridized carbons (Fsp3) is 0.0870. The van der Waals surface area contributed by atoms with Crippen molar-refractivity contribution in [2.45, 2.75) is 17.2 Å². The Hall–Kier alpha value is -2.87. The van der Waals surface area contributed by atoms with Crippen molar-refractivity contribution in [1.29, 1.82) is 0 Å². The van der Waals surface area contributed by atoms with Crippen LogP contribution in [-0.4, -0.2) is 18.9 Å². The van der Waals surface area contributed by atoms with Gasteiger partial charge in [0.05, 0.1) is 26.4 Å². The third-order valence-electron chi connectivity index (χ3n) is 4.90. The Labute approximate surface area is 194 Å². The fourth-order valence-corrected chi connectivity index (χ4v) is 5.34. The monoisotopic (exact) mass is 490 g/mol. The summed E-state index contributed by atoms with van der Waals surface area (Å²) >= 11 is 12.1. The molecule has 1 aromatic heterocycles. The van der Waals surface area contributed by atoms with Crippen molar-refractivity contribution in [3.8, 4) is 0 Å². The van der Waals surface area contributed by atoms with Crippen LogP contribution in [0.15, 0.2) is 77.8 Å². The van der Waals surface area contributed by atoms with Crippen LogP contribution in [0.1, 0.15) is 5.56 Å². The molecule has 4 rings (SSSR count). The molecule has 1 amide bonds. The lowest BCUT2D eigenvalue weighted by molar-refractivity contribution is -0.116. The van der Waals surface area contributed by atoms with Crippen LogP contribution in [0.25, 0.3) is 10.9 Å². The molecule has 0 saturated heterocycles. The number of nitrogens with zero attached hydrogens (tertiary/aromatic N) is 1. The van der Waals surface area contributed by atoms with Gasteiger partial charge in [0, 0.05) is 17.1 Å². The number of hydrogen-bond acceptors (Lipinski definition) is 3. The first-order valence-corrected chi connectivity index (χ1v) is 11.9. The van der Waals surface area contributed by atoms with Crippen LogP contribution in [-0.2, 0) is 26.9 Å². The molecule has 0 unspecified atom stereocenters. The Balaban J connectivity index is 1.64. The number of carbonyl (C=O) groups excluding carboxylic acids is 1. The van der Waals surface area contributed by atoms with Crippen molar-refractivity contribution in [3.63, 3.8) is 0 Å². The molecule has 0 fully saturated rings. The minimum absolute atomic E-state index is 0.103. The van der Waals surface area contributed by atoms with E-state index in [1.54, 1.807) is 47.0 Å². The molecular weight excluding hydrogens is 474 g/mol. The lowest BCUT2D eigenvalue weighted by Gasteiger charge is -2.09. The summed E-state index contributed by atoms with van der Waals surface area (Å²) in [7, 11) is -3.75. The molecule has 4 aromatic rings. The second-order valence-electron chi connectivity index (χ2n) is 7.17. The summed E-state index contributed by atoms with van der Waals surface area (Å²) in [5.74, 6) is -1.11. The highest BCUT2D eigenvalue weighted by molar-refractivity contribution is 7.90. The zero-order valence-corrected chi connectivity index (χ0v) is 18.9. The van der Waals surface area contributed by atoms with Crippen molar-refractivity contribution >= 4 is 55.5 Å². The average Bonchev–Trinajstić information content (AvgIpc) is 3.12. The van der Waals surface area contributed by atoms with E-state index in [4.69, 9.17) is 23.2 Å². The summed E-state index contributed by atoms with van der Waals surface area (Å²) < 4.78 is 41.0. The summed E-state index contributed by atoms with van der Waals surface area (Å²) in [6.07, 6.45) is 1.45. The van der Waals surface area contributed by atoms with E-state index in [9.17, 15) is 17.6 Å². The van der Waals surface area contributed by atoms with E-state index >= 15 is 0 Å². The summed E-state index contributed by atoms with van der Waals surface area (Å²) in [6, 6.07) is 17.1. The van der Waals surface area contributed by atoms with Gasteiger partial charge in [0.2, 0.25) is 5.91 Å². The van der Waals surface area contributed by atoms with E-state index in [0.717, 1.165) is 0 Å².